The predicted molar refractivity (Wildman–Crippen MR) is 82.6 cm³/mol. The first-order chi connectivity index (χ1) is 9.65. The van der Waals surface area contributed by atoms with Crippen molar-refractivity contribution in [2.45, 2.75) is 46.2 Å². The number of rotatable bonds is 7. The number of carbonyl (C=O) groups is 1. The molecular weight excluding hydrogens is 248 g/mol. The monoisotopic (exact) mass is 274 g/mol. The van der Waals surface area contributed by atoms with Crippen LogP contribution in [-0.2, 0) is 0 Å². The van der Waals surface area contributed by atoms with Gasteiger partial charge in [0.25, 0.3) is 5.91 Å². The molecule has 0 aromatic heterocycles. The van der Waals surface area contributed by atoms with Crippen molar-refractivity contribution >= 4 is 5.91 Å². The Bertz CT molecular complexity index is 456. The molecule has 0 saturated carbocycles. The fourth-order valence-electron chi connectivity index (χ4n) is 2.66. The molecule has 1 heterocycles. The number of unbranched alkanes of at least 4 members (excludes halogenated alkanes) is 1. The molecule has 0 fully saturated rings. The van der Waals surface area contributed by atoms with E-state index in [4.69, 9.17) is 0 Å². The minimum Gasteiger partial charge on any atom is -0.319 e. The fourth-order valence-corrected chi connectivity index (χ4v) is 2.66. The number of benzene rings is 1. The van der Waals surface area contributed by atoms with Crippen molar-refractivity contribution in [3.63, 3.8) is 0 Å². The van der Waals surface area contributed by atoms with Crippen LogP contribution in [-0.4, -0.2) is 23.9 Å². The summed E-state index contributed by atoms with van der Waals surface area (Å²) in [4.78, 5) is 14.5. The van der Waals surface area contributed by atoms with Gasteiger partial charge >= 0.3 is 0 Å². The summed E-state index contributed by atoms with van der Waals surface area (Å²) in [6, 6.07) is 7.99. The maximum atomic E-state index is 12.5. The van der Waals surface area contributed by atoms with Crippen molar-refractivity contribution in [2.75, 3.05) is 13.1 Å². The van der Waals surface area contributed by atoms with Gasteiger partial charge in [-0.3, -0.25) is 10.1 Å². The van der Waals surface area contributed by atoms with E-state index >= 15 is 0 Å². The van der Waals surface area contributed by atoms with Crippen molar-refractivity contribution in [1.82, 2.24) is 10.2 Å². The second-order valence-corrected chi connectivity index (χ2v) is 5.98. The Balaban J connectivity index is 2.12. The van der Waals surface area contributed by atoms with Gasteiger partial charge in [0.2, 0.25) is 0 Å². The largest absolute Gasteiger partial charge is 0.319 e. The lowest BCUT2D eigenvalue weighted by atomic mass is 10.1. The lowest BCUT2D eigenvalue weighted by Crippen LogP contribution is -2.38. The van der Waals surface area contributed by atoms with E-state index in [1.807, 2.05) is 23.1 Å². The van der Waals surface area contributed by atoms with Crippen LogP contribution < -0.4 is 5.32 Å². The molecule has 0 saturated heterocycles. The molecule has 1 aromatic rings. The van der Waals surface area contributed by atoms with Crippen LogP contribution in [0.15, 0.2) is 24.3 Å². The summed E-state index contributed by atoms with van der Waals surface area (Å²) in [5, 5.41) is 3.56. The second kappa shape index (κ2) is 6.89. The topological polar surface area (TPSA) is 32.3 Å². The van der Waals surface area contributed by atoms with Gasteiger partial charge in [-0.05, 0) is 31.4 Å². The number of fused-ring (bicyclic) bond motifs is 1. The molecule has 20 heavy (non-hydrogen) atoms. The Kier molecular flexibility index (Phi) is 5.18. The van der Waals surface area contributed by atoms with E-state index in [1.54, 1.807) is 0 Å². The van der Waals surface area contributed by atoms with Gasteiger partial charge in [-0.2, -0.15) is 0 Å². The Hall–Kier alpha value is -1.35. The molecule has 3 heteroatoms. The van der Waals surface area contributed by atoms with Crippen LogP contribution in [0, 0.1) is 5.92 Å². The highest BCUT2D eigenvalue weighted by Gasteiger charge is 2.35. The van der Waals surface area contributed by atoms with Gasteiger partial charge in [-0.25, -0.2) is 0 Å². The molecular formula is C17H26N2O. The highest BCUT2D eigenvalue weighted by atomic mass is 16.2. The maximum Gasteiger partial charge on any atom is 0.255 e. The van der Waals surface area contributed by atoms with Crippen LogP contribution in [0.3, 0.4) is 0 Å². The summed E-state index contributed by atoms with van der Waals surface area (Å²) in [7, 11) is 0. The number of hydrogen-bond donors (Lipinski definition) is 1. The third-order valence-corrected chi connectivity index (χ3v) is 3.87. The van der Waals surface area contributed by atoms with Crippen molar-refractivity contribution in [3.05, 3.63) is 35.4 Å². The summed E-state index contributed by atoms with van der Waals surface area (Å²) in [5.74, 6) is 0.857. The SMILES string of the molecule is CCCCN1C(=O)c2ccccc2[C@H]1NCCC(C)C. The van der Waals surface area contributed by atoms with E-state index in [0.29, 0.717) is 5.92 Å². The average molecular weight is 274 g/mol. The van der Waals surface area contributed by atoms with Gasteiger partial charge in [0.1, 0.15) is 6.17 Å². The highest BCUT2D eigenvalue weighted by molar-refractivity contribution is 5.99. The molecule has 3 nitrogen and oxygen atoms in total. The van der Waals surface area contributed by atoms with Gasteiger partial charge < -0.3 is 4.90 Å². The van der Waals surface area contributed by atoms with E-state index in [9.17, 15) is 4.79 Å². The summed E-state index contributed by atoms with van der Waals surface area (Å²) < 4.78 is 0. The minimum atomic E-state index is 0.0593. The Morgan fingerprint density at radius 1 is 1.30 bits per heavy atom. The first-order valence-corrected chi connectivity index (χ1v) is 7.78. The molecule has 1 N–H and O–H groups in total. The van der Waals surface area contributed by atoms with Crippen molar-refractivity contribution in [2.24, 2.45) is 5.92 Å². The van der Waals surface area contributed by atoms with E-state index in [-0.39, 0.29) is 12.1 Å². The normalized spacial score (nSPS) is 17.9. The minimum absolute atomic E-state index is 0.0593. The van der Waals surface area contributed by atoms with Gasteiger partial charge in [0.15, 0.2) is 0 Å². The number of nitrogens with one attached hydrogen (secondary N) is 1. The molecule has 1 atom stereocenters. The van der Waals surface area contributed by atoms with Crippen molar-refractivity contribution < 1.29 is 4.79 Å². The molecule has 1 aliphatic rings. The molecule has 1 amide bonds. The fraction of sp³-hybridized carbons (Fsp3) is 0.588. The van der Waals surface area contributed by atoms with Crippen LogP contribution >= 0.6 is 0 Å². The van der Waals surface area contributed by atoms with E-state index < -0.39 is 0 Å². The zero-order valence-electron chi connectivity index (χ0n) is 12.9. The zero-order chi connectivity index (χ0) is 14.5. The van der Waals surface area contributed by atoms with E-state index in [0.717, 1.165) is 43.5 Å². The Labute approximate surface area is 122 Å². The van der Waals surface area contributed by atoms with Gasteiger partial charge in [-0.1, -0.05) is 45.4 Å². The Morgan fingerprint density at radius 3 is 2.75 bits per heavy atom. The lowest BCUT2D eigenvalue weighted by molar-refractivity contribution is 0.0691. The first-order valence-electron chi connectivity index (χ1n) is 7.78. The molecule has 0 bridgehead atoms. The van der Waals surface area contributed by atoms with Crippen LogP contribution in [0.5, 0.6) is 0 Å². The molecule has 0 aliphatic carbocycles. The number of carbonyl (C=O) groups excluding carboxylic acids is 1. The smallest absolute Gasteiger partial charge is 0.255 e. The van der Waals surface area contributed by atoms with Crippen LogP contribution in [0.1, 0.15) is 62.1 Å². The van der Waals surface area contributed by atoms with Crippen molar-refractivity contribution in [3.8, 4) is 0 Å². The third-order valence-electron chi connectivity index (χ3n) is 3.87. The maximum absolute atomic E-state index is 12.5. The van der Waals surface area contributed by atoms with E-state index in [1.165, 1.54) is 0 Å². The molecule has 1 aromatic carbocycles. The van der Waals surface area contributed by atoms with E-state index in [2.05, 4.69) is 32.2 Å². The van der Waals surface area contributed by atoms with Crippen molar-refractivity contribution in [1.29, 1.82) is 0 Å². The number of hydrogen-bond acceptors (Lipinski definition) is 2. The van der Waals surface area contributed by atoms with Gasteiger partial charge in [-0.15, -0.1) is 0 Å². The predicted octanol–water partition coefficient (Wildman–Crippen LogP) is 3.58. The van der Waals surface area contributed by atoms with Crippen LogP contribution in [0.25, 0.3) is 0 Å². The molecule has 110 valence electrons. The molecule has 2 rings (SSSR count). The lowest BCUT2D eigenvalue weighted by Gasteiger charge is -2.26. The highest BCUT2D eigenvalue weighted by Crippen LogP contribution is 2.31. The molecule has 0 radical (unpaired) electrons. The molecule has 0 unspecified atom stereocenters. The summed E-state index contributed by atoms with van der Waals surface area (Å²) in [6.45, 7) is 8.40. The third kappa shape index (κ3) is 3.21. The quantitative estimate of drug-likeness (QED) is 0.824. The standard InChI is InChI=1S/C17H26N2O/c1-4-5-12-19-16(18-11-10-13(2)3)14-8-6-7-9-15(14)17(19)20/h6-9,13,16,18H,4-5,10-12H2,1-3H3/t16-/m0/s1. The van der Waals surface area contributed by atoms with Gasteiger partial charge in [0, 0.05) is 17.7 Å². The Morgan fingerprint density at radius 2 is 2.05 bits per heavy atom. The van der Waals surface area contributed by atoms with Crippen LogP contribution in [0.4, 0.5) is 0 Å². The second-order valence-electron chi connectivity index (χ2n) is 5.98. The molecule has 0 spiro atoms. The summed E-state index contributed by atoms with van der Waals surface area (Å²) in [5.41, 5.74) is 2.00. The average Bonchev–Trinajstić information content (AvgIpc) is 2.70. The molecule has 1 aliphatic heterocycles. The van der Waals surface area contributed by atoms with Gasteiger partial charge in [0.05, 0.1) is 0 Å². The number of nitrogens with zero attached hydrogens (tertiary/aromatic N) is 1. The number of amides is 1. The summed E-state index contributed by atoms with van der Waals surface area (Å²) in [6.07, 6.45) is 3.36. The first kappa shape index (κ1) is 15.0. The zero-order valence-corrected chi connectivity index (χ0v) is 12.9. The summed E-state index contributed by atoms with van der Waals surface area (Å²) >= 11 is 0. The van der Waals surface area contributed by atoms with Crippen LogP contribution in [0.2, 0.25) is 0 Å².